The molecule has 122 valence electrons. The van der Waals surface area contributed by atoms with Crippen molar-refractivity contribution in [2.75, 3.05) is 12.4 Å². The molecule has 0 fully saturated rings. The largest absolute Gasteiger partial charge is 0.497 e. The van der Waals surface area contributed by atoms with E-state index in [1.807, 2.05) is 0 Å². The molecule has 8 nitrogen and oxygen atoms in total. The zero-order chi connectivity index (χ0) is 17.1. The van der Waals surface area contributed by atoms with E-state index >= 15 is 0 Å². The Hall–Kier alpha value is -3.55. The summed E-state index contributed by atoms with van der Waals surface area (Å²) in [5, 5.41) is 18.1. The van der Waals surface area contributed by atoms with Gasteiger partial charge in [0.2, 0.25) is 0 Å². The van der Waals surface area contributed by atoms with Crippen molar-refractivity contribution in [2.45, 2.75) is 0 Å². The standard InChI is InChI=1S/C16H13N3O5/c1-23-10-5-2-4-9(8-10)15(20)17-13-12(11-6-3-7-24-11)18-19-14(13)16(21)22/h2-8H,1H3,(H,17,20)(H,18,19)(H,21,22). The first-order valence-electron chi connectivity index (χ1n) is 6.91. The predicted octanol–water partition coefficient (Wildman–Crippen LogP) is 2.63. The van der Waals surface area contributed by atoms with E-state index in [9.17, 15) is 14.7 Å². The van der Waals surface area contributed by atoms with E-state index in [-0.39, 0.29) is 17.1 Å². The molecule has 0 saturated heterocycles. The van der Waals surface area contributed by atoms with E-state index in [4.69, 9.17) is 9.15 Å². The number of hydrogen-bond donors (Lipinski definition) is 3. The van der Waals surface area contributed by atoms with Crippen LogP contribution in [0.5, 0.6) is 5.75 Å². The molecule has 24 heavy (non-hydrogen) atoms. The first-order chi connectivity index (χ1) is 11.6. The van der Waals surface area contributed by atoms with Crippen LogP contribution in [0.4, 0.5) is 5.69 Å². The molecule has 0 unspecified atom stereocenters. The van der Waals surface area contributed by atoms with Crippen LogP contribution in [0.2, 0.25) is 0 Å². The fraction of sp³-hybridized carbons (Fsp3) is 0.0625. The van der Waals surface area contributed by atoms with Crippen LogP contribution in [0.1, 0.15) is 20.8 Å². The van der Waals surface area contributed by atoms with Crippen molar-refractivity contribution in [1.29, 1.82) is 0 Å². The molecule has 0 aliphatic rings. The molecule has 3 N–H and O–H groups in total. The second-order valence-corrected chi connectivity index (χ2v) is 4.79. The van der Waals surface area contributed by atoms with E-state index < -0.39 is 11.9 Å². The van der Waals surface area contributed by atoms with Gasteiger partial charge in [0, 0.05) is 5.56 Å². The van der Waals surface area contributed by atoms with Crippen molar-refractivity contribution >= 4 is 17.6 Å². The van der Waals surface area contributed by atoms with Gasteiger partial charge in [-0.05, 0) is 30.3 Å². The number of furan rings is 1. The molecular formula is C16H13N3O5. The van der Waals surface area contributed by atoms with Gasteiger partial charge in [-0.3, -0.25) is 9.89 Å². The number of ether oxygens (including phenoxy) is 1. The van der Waals surface area contributed by atoms with Gasteiger partial charge >= 0.3 is 5.97 Å². The fourth-order valence-electron chi connectivity index (χ4n) is 2.17. The molecule has 0 bridgehead atoms. The van der Waals surface area contributed by atoms with Crippen molar-refractivity contribution in [3.05, 3.63) is 53.9 Å². The number of hydrogen-bond acceptors (Lipinski definition) is 5. The number of nitrogens with one attached hydrogen (secondary N) is 2. The predicted molar refractivity (Wildman–Crippen MR) is 84.2 cm³/mol. The lowest BCUT2D eigenvalue weighted by atomic mass is 10.1. The molecule has 2 heterocycles. The third kappa shape index (κ3) is 2.84. The number of carbonyl (C=O) groups excluding carboxylic acids is 1. The SMILES string of the molecule is COc1cccc(C(=O)Nc2c(C(=O)O)n[nH]c2-c2ccco2)c1. The first-order valence-corrected chi connectivity index (χ1v) is 6.91. The Kier molecular flexibility index (Phi) is 4.02. The van der Waals surface area contributed by atoms with Crippen LogP contribution in [-0.4, -0.2) is 34.3 Å². The summed E-state index contributed by atoms with van der Waals surface area (Å²) in [5.41, 5.74) is 0.314. The van der Waals surface area contributed by atoms with Gasteiger partial charge < -0.3 is 19.6 Å². The summed E-state index contributed by atoms with van der Waals surface area (Å²) < 4.78 is 10.3. The quantitative estimate of drug-likeness (QED) is 0.663. The van der Waals surface area contributed by atoms with E-state index in [1.165, 1.54) is 13.4 Å². The van der Waals surface area contributed by atoms with Crippen LogP contribution >= 0.6 is 0 Å². The lowest BCUT2D eigenvalue weighted by molar-refractivity contribution is 0.0691. The second kappa shape index (κ2) is 6.29. The number of aromatic nitrogens is 2. The van der Waals surface area contributed by atoms with Gasteiger partial charge in [0.15, 0.2) is 11.5 Å². The highest BCUT2D eigenvalue weighted by molar-refractivity contribution is 6.09. The molecule has 1 aromatic carbocycles. The molecule has 3 aromatic rings. The number of rotatable bonds is 5. The number of carboxylic acids is 1. The van der Waals surface area contributed by atoms with Gasteiger partial charge in [-0.15, -0.1) is 0 Å². The average Bonchev–Trinajstić information content (AvgIpc) is 3.24. The summed E-state index contributed by atoms with van der Waals surface area (Å²) in [6.45, 7) is 0. The van der Waals surface area contributed by atoms with E-state index in [0.29, 0.717) is 17.1 Å². The molecule has 0 aliphatic heterocycles. The van der Waals surface area contributed by atoms with Crippen LogP contribution in [0, 0.1) is 0 Å². The van der Waals surface area contributed by atoms with Crippen molar-refractivity contribution < 1.29 is 23.8 Å². The summed E-state index contributed by atoms with van der Waals surface area (Å²) in [7, 11) is 1.49. The average molecular weight is 327 g/mol. The molecule has 0 saturated carbocycles. The van der Waals surface area contributed by atoms with Crippen LogP contribution in [-0.2, 0) is 0 Å². The van der Waals surface area contributed by atoms with Gasteiger partial charge in [-0.2, -0.15) is 5.10 Å². The van der Waals surface area contributed by atoms with Gasteiger partial charge in [-0.1, -0.05) is 6.07 Å². The Morgan fingerprint density at radius 1 is 1.29 bits per heavy atom. The van der Waals surface area contributed by atoms with Crippen LogP contribution in [0.3, 0.4) is 0 Å². The number of carbonyl (C=O) groups is 2. The Balaban J connectivity index is 1.97. The van der Waals surface area contributed by atoms with Gasteiger partial charge in [0.25, 0.3) is 5.91 Å². The van der Waals surface area contributed by atoms with Crippen LogP contribution in [0.25, 0.3) is 11.5 Å². The highest BCUT2D eigenvalue weighted by atomic mass is 16.5. The molecule has 8 heteroatoms. The number of methoxy groups -OCH3 is 1. The Morgan fingerprint density at radius 2 is 2.12 bits per heavy atom. The molecule has 0 atom stereocenters. The molecule has 1 amide bonds. The Bertz CT molecular complexity index is 883. The second-order valence-electron chi connectivity index (χ2n) is 4.79. The maximum absolute atomic E-state index is 12.4. The number of carboxylic acid groups (broad SMARTS) is 1. The third-order valence-corrected chi connectivity index (χ3v) is 3.31. The number of amides is 1. The van der Waals surface area contributed by atoms with Crippen LogP contribution < -0.4 is 10.1 Å². The van der Waals surface area contributed by atoms with E-state index in [0.717, 1.165) is 0 Å². The minimum atomic E-state index is -1.27. The molecule has 0 radical (unpaired) electrons. The highest BCUT2D eigenvalue weighted by Crippen LogP contribution is 2.29. The minimum absolute atomic E-state index is 0.0327. The molecule has 0 aliphatic carbocycles. The van der Waals surface area contributed by atoms with Gasteiger partial charge in [-0.25, -0.2) is 4.79 Å². The van der Waals surface area contributed by atoms with E-state index in [2.05, 4.69) is 15.5 Å². The topological polar surface area (TPSA) is 117 Å². The normalized spacial score (nSPS) is 10.4. The molecular weight excluding hydrogens is 314 g/mol. The Morgan fingerprint density at radius 3 is 2.79 bits per heavy atom. The maximum Gasteiger partial charge on any atom is 0.358 e. The number of benzene rings is 1. The zero-order valence-electron chi connectivity index (χ0n) is 12.6. The lowest BCUT2D eigenvalue weighted by Gasteiger charge is -2.07. The smallest absolute Gasteiger partial charge is 0.358 e. The fourth-order valence-corrected chi connectivity index (χ4v) is 2.17. The molecule has 2 aromatic heterocycles. The number of aromatic carboxylic acids is 1. The lowest BCUT2D eigenvalue weighted by Crippen LogP contribution is -2.14. The Labute approximate surface area is 136 Å². The highest BCUT2D eigenvalue weighted by Gasteiger charge is 2.23. The van der Waals surface area contributed by atoms with Gasteiger partial charge in [0.1, 0.15) is 17.1 Å². The van der Waals surface area contributed by atoms with E-state index in [1.54, 1.807) is 36.4 Å². The van der Waals surface area contributed by atoms with Crippen molar-refractivity contribution in [1.82, 2.24) is 10.2 Å². The summed E-state index contributed by atoms with van der Waals surface area (Å²) in [4.78, 5) is 23.8. The zero-order valence-corrected chi connectivity index (χ0v) is 12.6. The monoisotopic (exact) mass is 327 g/mol. The van der Waals surface area contributed by atoms with Crippen molar-refractivity contribution in [3.63, 3.8) is 0 Å². The number of nitrogens with zero attached hydrogens (tertiary/aromatic N) is 1. The maximum atomic E-state index is 12.4. The summed E-state index contributed by atoms with van der Waals surface area (Å²) in [6, 6.07) is 9.76. The van der Waals surface area contributed by atoms with Crippen LogP contribution in [0.15, 0.2) is 47.1 Å². The summed E-state index contributed by atoms with van der Waals surface area (Å²) >= 11 is 0. The first kappa shape index (κ1) is 15.3. The molecule has 0 spiro atoms. The number of anilines is 1. The summed E-state index contributed by atoms with van der Waals surface area (Å²) in [6.07, 6.45) is 1.43. The van der Waals surface area contributed by atoms with Gasteiger partial charge in [0.05, 0.1) is 13.4 Å². The van der Waals surface area contributed by atoms with Crippen molar-refractivity contribution in [2.24, 2.45) is 0 Å². The minimum Gasteiger partial charge on any atom is -0.497 e. The third-order valence-electron chi connectivity index (χ3n) is 3.31. The molecule has 3 rings (SSSR count). The number of H-pyrrole nitrogens is 1. The summed E-state index contributed by atoms with van der Waals surface area (Å²) in [5.74, 6) is -0.897. The van der Waals surface area contributed by atoms with Crippen molar-refractivity contribution in [3.8, 4) is 17.2 Å². The number of aromatic amines is 1.